The first-order chi connectivity index (χ1) is 8.82. The van der Waals surface area contributed by atoms with Crippen molar-refractivity contribution in [3.63, 3.8) is 0 Å². The number of carbonyl (C=O) groups is 3. The van der Waals surface area contributed by atoms with Crippen molar-refractivity contribution in [1.82, 2.24) is 4.90 Å². The lowest BCUT2D eigenvalue weighted by Gasteiger charge is -2.25. The molecule has 0 saturated carbocycles. The van der Waals surface area contributed by atoms with Crippen LogP contribution in [0.3, 0.4) is 0 Å². The van der Waals surface area contributed by atoms with Gasteiger partial charge in [-0.2, -0.15) is 11.8 Å². The van der Waals surface area contributed by atoms with E-state index in [1.807, 2.05) is 6.92 Å². The van der Waals surface area contributed by atoms with E-state index in [1.54, 1.807) is 0 Å². The first kappa shape index (κ1) is 17.7. The van der Waals surface area contributed by atoms with Gasteiger partial charge < -0.3 is 15.3 Å². The summed E-state index contributed by atoms with van der Waals surface area (Å²) in [5.41, 5.74) is 0. The van der Waals surface area contributed by atoms with Crippen LogP contribution < -0.4 is 0 Å². The Hall–Kier alpha value is -1.28. The number of unbranched alkanes of at least 4 members (excludes halogenated alkanes) is 1. The largest absolute Gasteiger partial charge is 0.480 e. The number of aliphatic carboxylic acids is 1. The molecule has 3 N–H and O–H groups in total. The van der Waals surface area contributed by atoms with Crippen LogP contribution in [0.15, 0.2) is 0 Å². The lowest BCUT2D eigenvalue weighted by Crippen LogP contribution is -2.52. The third-order valence-electron chi connectivity index (χ3n) is 2.32. The van der Waals surface area contributed by atoms with E-state index < -0.39 is 30.1 Å². The van der Waals surface area contributed by atoms with Gasteiger partial charge in [-0.15, -0.1) is 0 Å². The number of amides is 2. The quantitative estimate of drug-likeness (QED) is 0.568. The van der Waals surface area contributed by atoms with Crippen molar-refractivity contribution in [2.45, 2.75) is 38.8 Å². The molecule has 8 heteroatoms. The highest BCUT2D eigenvalue weighted by molar-refractivity contribution is 7.99. The van der Waals surface area contributed by atoms with Crippen LogP contribution in [-0.2, 0) is 9.59 Å². The Bertz CT molecular complexity index is 333. The number of aliphatic hydroxyl groups excluding tert-OH is 1. The predicted molar refractivity (Wildman–Crippen MR) is 70.2 cm³/mol. The number of nitrogens with zero attached hydrogens (tertiary/aromatic N) is 1. The molecule has 0 aromatic heterocycles. The summed E-state index contributed by atoms with van der Waals surface area (Å²) in [6.07, 6.45) is -1.40. The second kappa shape index (κ2) is 8.76. The van der Waals surface area contributed by atoms with Gasteiger partial charge >= 0.3 is 12.1 Å². The van der Waals surface area contributed by atoms with E-state index in [4.69, 9.17) is 15.3 Å². The molecule has 2 amide bonds. The van der Waals surface area contributed by atoms with Crippen LogP contribution in [0.25, 0.3) is 0 Å². The molecular formula is C11H19NO6S. The third kappa shape index (κ3) is 5.93. The van der Waals surface area contributed by atoms with Gasteiger partial charge in [-0.3, -0.25) is 4.79 Å². The molecule has 7 nitrogen and oxygen atoms in total. The van der Waals surface area contributed by atoms with Gasteiger partial charge in [0.2, 0.25) is 0 Å². The molecule has 0 aliphatic carbocycles. The lowest BCUT2D eigenvalue weighted by atomic mass is 10.2. The average molecular weight is 293 g/mol. The number of thioether (sulfide) groups is 1. The summed E-state index contributed by atoms with van der Waals surface area (Å²) in [5.74, 6) is -1.87. The minimum Gasteiger partial charge on any atom is -0.480 e. The van der Waals surface area contributed by atoms with Crippen molar-refractivity contribution < 1.29 is 29.7 Å². The van der Waals surface area contributed by atoms with Gasteiger partial charge in [-0.05, 0) is 19.1 Å². The zero-order chi connectivity index (χ0) is 15.0. The molecule has 0 aromatic carbocycles. The van der Waals surface area contributed by atoms with Crippen molar-refractivity contribution in [2.24, 2.45) is 0 Å². The molecule has 0 spiro atoms. The summed E-state index contributed by atoms with van der Waals surface area (Å²) in [7, 11) is 0. The SMILES string of the molecule is CCCCSCC(C(=O)O)N(C(=O)O)C(=O)C(C)O. The highest BCUT2D eigenvalue weighted by atomic mass is 32.2. The molecule has 2 atom stereocenters. The minimum atomic E-state index is -1.67. The zero-order valence-corrected chi connectivity index (χ0v) is 11.7. The van der Waals surface area contributed by atoms with Crippen LogP contribution in [0.5, 0.6) is 0 Å². The summed E-state index contributed by atoms with van der Waals surface area (Å²) in [5, 5.41) is 27.1. The second-order valence-corrected chi connectivity index (χ2v) is 5.10. The van der Waals surface area contributed by atoms with Crippen LogP contribution in [0.4, 0.5) is 4.79 Å². The van der Waals surface area contributed by atoms with E-state index >= 15 is 0 Å². The fourth-order valence-electron chi connectivity index (χ4n) is 1.28. The van der Waals surface area contributed by atoms with E-state index in [-0.39, 0.29) is 10.7 Å². The molecule has 0 aliphatic rings. The highest BCUT2D eigenvalue weighted by Gasteiger charge is 2.36. The van der Waals surface area contributed by atoms with Gasteiger partial charge in [0.25, 0.3) is 5.91 Å². The van der Waals surface area contributed by atoms with Gasteiger partial charge in [0, 0.05) is 5.75 Å². The second-order valence-electron chi connectivity index (χ2n) is 3.95. The molecule has 19 heavy (non-hydrogen) atoms. The lowest BCUT2D eigenvalue weighted by molar-refractivity contribution is -0.150. The van der Waals surface area contributed by atoms with Gasteiger partial charge in [-0.25, -0.2) is 14.5 Å². The monoisotopic (exact) mass is 293 g/mol. The minimum absolute atomic E-state index is 0.0277. The average Bonchev–Trinajstić information content (AvgIpc) is 2.31. The molecule has 0 aromatic rings. The summed E-state index contributed by atoms with van der Waals surface area (Å²) >= 11 is 1.27. The molecule has 0 radical (unpaired) electrons. The first-order valence-electron chi connectivity index (χ1n) is 5.87. The van der Waals surface area contributed by atoms with Gasteiger partial charge in [0.1, 0.15) is 12.1 Å². The molecule has 0 heterocycles. The smallest absolute Gasteiger partial charge is 0.414 e. The maximum atomic E-state index is 11.5. The number of carboxylic acid groups (broad SMARTS) is 2. The normalized spacial score (nSPS) is 13.6. The fraction of sp³-hybridized carbons (Fsp3) is 0.727. The number of carboxylic acids is 1. The molecule has 110 valence electrons. The van der Waals surface area contributed by atoms with Crippen LogP contribution in [0, 0.1) is 0 Å². The number of aliphatic hydroxyl groups is 1. The summed E-state index contributed by atoms with van der Waals surface area (Å²) in [6.45, 7) is 3.08. The molecule has 0 bridgehead atoms. The first-order valence-corrected chi connectivity index (χ1v) is 7.03. The number of rotatable bonds is 8. The number of imide groups is 1. The van der Waals surface area contributed by atoms with Crippen LogP contribution in [0.2, 0.25) is 0 Å². The van der Waals surface area contributed by atoms with Crippen molar-refractivity contribution in [3.05, 3.63) is 0 Å². The predicted octanol–water partition coefficient (Wildman–Crippen LogP) is 0.860. The van der Waals surface area contributed by atoms with Crippen LogP contribution in [0.1, 0.15) is 26.7 Å². The Morgan fingerprint density at radius 3 is 2.21 bits per heavy atom. The Morgan fingerprint density at radius 2 is 1.84 bits per heavy atom. The number of hydrogen-bond acceptors (Lipinski definition) is 5. The van der Waals surface area contributed by atoms with E-state index in [1.165, 1.54) is 11.8 Å². The Kier molecular flexibility index (Phi) is 8.17. The van der Waals surface area contributed by atoms with Crippen molar-refractivity contribution in [3.8, 4) is 0 Å². The number of hydrogen-bond donors (Lipinski definition) is 3. The topological polar surface area (TPSA) is 115 Å². The van der Waals surface area contributed by atoms with Crippen LogP contribution >= 0.6 is 11.8 Å². The van der Waals surface area contributed by atoms with Crippen molar-refractivity contribution in [1.29, 1.82) is 0 Å². The number of carbonyl (C=O) groups excluding carboxylic acids is 1. The van der Waals surface area contributed by atoms with Crippen LogP contribution in [-0.4, -0.2) is 61.8 Å². The maximum Gasteiger partial charge on any atom is 0.414 e. The Morgan fingerprint density at radius 1 is 1.26 bits per heavy atom. The molecule has 0 fully saturated rings. The van der Waals surface area contributed by atoms with Crippen molar-refractivity contribution in [2.75, 3.05) is 11.5 Å². The van der Waals surface area contributed by atoms with E-state index in [9.17, 15) is 14.4 Å². The van der Waals surface area contributed by atoms with E-state index in [0.29, 0.717) is 5.75 Å². The third-order valence-corrected chi connectivity index (χ3v) is 3.44. The molecule has 0 aliphatic heterocycles. The molecule has 0 saturated heterocycles. The van der Waals surface area contributed by atoms with Gasteiger partial charge in [0.05, 0.1) is 0 Å². The molecule has 2 unspecified atom stereocenters. The van der Waals surface area contributed by atoms with Gasteiger partial charge in [-0.1, -0.05) is 13.3 Å². The maximum absolute atomic E-state index is 11.5. The zero-order valence-electron chi connectivity index (χ0n) is 10.9. The van der Waals surface area contributed by atoms with E-state index in [2.05, 4.69) is 0 Å². The molecular weight excluding hydrogens is 274 g/mol. The summed E-state index contributed by atoms with van der Waals surface area (Å²) in [4.78, 5) is 33.8. The summed E-state index contributed by atoms with van der Waals surface area (Å²) in [6, 6.07) is -1.48. The van der Waals surface area contributed by atoms with E-state index in [0.717, 1.165) is 19.8 Å². The van der Waals surface area contributed by atoms with Crippen molar-refractivity contribution >= 4 is 29.7 Å². The Labute approximate surface area is 115 Å². The van der Waals surface area contributed by atoms with Gasteiger partial charge in [0.15, 0.2) is 0 Å². The highest BCUT2D eigenvalue weighted by Crippen LogP contribution is 2.13. The fourth-order valence-corrected chi connectivity index (χ4v) is 2.45. The molecule has 0 rings (SSSR count). The summed E-state index contributed by atoms with van der Waals surface area (Å²) < 4.78 is 0. The standard InChI is InChI=1S/C11H19NO6S/c1-3-4-5-19-6-8(10(15)16)12(11(17)18)9(14)7(2)13/h7-8,13H,3-6H2,1-2H3,(H,15,16)(H,17,18). The Balaban J connectivity index is 4.83.